The van der Waals surface area contributed by atoms with Crippen molar-refractivity contribution in [2.24, 2.45) is 0 Å². The first-order valence-corrected chi connectivity index (χ1v) is 9.96. The van der Waals surface area contributed by atoms with Gasteiger partial charge in [0.25, 0.3) is 10.0 Å². The number of nitrogens with zero attached hydrogens (tertiary/aromatic N) is 1. The molecule has 0 unspecified atom stereocenters. The van der Waals surface area contributed by atoms with E-state index in [0.717, 1.165) is 17.2 Å². The largest absolute Gasteiger partial charge is 0.309 e. The van der Waals surface area contributed by atoms with E-state index in [1.807, 2.05) is 12.3 Å². The van der Waals surface area contributed by atoms with Gasteiger partial charge in [-0.1, -0.05) is 0 Å². The molecule has 1 fully saturated rings. The number of nitrogens with one attached hydrogen (secondary N) is 1. The first-order chi connectivity index (χ1) is 9.04. The molecule has 1 aromatic rings. The third-order valence-electron chi connectivity index (χ3n) is 3.05. The molecular weight excluding hydrogens is 300 g/mol. The molecule has 0 spiro atoms. The third-order valence-corrected chi connectivity index (χ3v) is 7.05. The molecule has 0 aliphatic heterocycles. The van der Waals surface area contributed by atoms with Crippen LogP contribution in [0.4, 0.5) is 0 Å². The first-order valence-electron chi connectivity index (χ1n) is 6.31. The van der Waals surface area contributed by atoms with Gasteiger partial charge in [0.2, 0.25) is 0 Å². The maximum Gasteiger partial charge on any atom is 0.252 e. The highest BCUT2D eigenvalue weighted by atomic mass is 32.2. The number of hydrogen-bond donors (Lipinski definition) is 1. The Morgan fingerprint density at radius 2 is 2.21 bits per heavy atom. The van der Waals surface area contributed by atoms with Crippen LogP contribution in [0, 0.1) is 0 Å². The van der Waals surface area contributed by atoms with Gasteiger partial charge in [-0.25, -0.2) is 8.42 Å². The molecule has 0 bridgehead atoms. The summed E-state index contributed by atoms with van der Waals surface area (Å²) in [5.74, 6) is 0.817. The summed E-state index contributed by atoms with van der Waals surface area (Å²) in [4.78, 5) is 1.09. The summed E-state index contributed by atoms with van der Waals surface area (Å²) in [5, 5.41) is 3.40. The van der Waals surface area contributed by atoms with Crippen LogP contribution in [0.25, 0.3) is 0 Å². The van der Waals surface area contributed by atoms with E-state index >= 15 is 0 Å². The fraction of sp³-hybridized carbons (Fsp3) is 0.667. The van der Waals surface area contributed by atoms with Crippen molar-refractivity contribution in [1.82, 2.24) is 9.62 Å². The summed E-state index contributed by atoms with van der Waals surface area (Å²) >= 11 is 3.02. The summed E-state index contributed by atoms with van der Waals surface area (Å²) in [6, 6.07) is 4.28. The summed E-state index contributed by atoms with van der Waals surface area (Å²) in [5.41, 5.74) is 0. The Balaban J connectivity index is 1.98. The Bertz CT molecular complexity index is 509. The van der Waals surface area contributed by atoms with Crippen molar-refractivity contribution < 1.29 is 8.42 Å². The van der Waals surface area contributed by atoms with Crippen molar-refractivity contribution in [3.05, 3.63) is 17.0 Å². The predicted octanol–water partition coefficient (Wildman–Crippen LogP) is 1.98. The summed E-state index contributed by atoms with van der Waals surface area (Å²) in [7, 11) is -1.66. The molecule has 1 heterocycles. The number of thioether (sulfide) groups is 1. The average Bonchev–Trinajstić information content (AvgIpc) is 3.09. The van der Waals surface area contributed by atoms with Gasteiger partial charge in [-0.3, -0.25) is 0 Å². The van der Waals surface area contributed by atoms with E-state index in [-0.39, 0.29) is 0 Å². The summed E-state index contributed by atoms with van der Waals surface area (Å²) < 4.78 is 26.5. The van der Waals surface area contributed by atoms with E-state index in [1.165, 1.54) is 28.5 Å². The number of sulfonamides is 1. The van der Waals surface area contributed by atoms with Crippen LogP contribution < -0.4 is 5.32 Å². The second kappa shape index (κ2) is 6.58. The Labute approximate surface area is 123 Å². The maximum atomic E-state index is 12.3. The van der Waals surface area contributed by atoms with Crippen molar-refractivity contribution in [1.29, 1.82) is 0 Å². The lowest BCUT2D eigenvalue weighted by Gasteiger charge is -2.14. The number of hydrogen-bond acceptors (Lipinski definition) is 5. The van der Waals surface area contributed by atoms with Crippen LogP contribution in [0.15, 0.2) is 16.3 Å². The lowest BCUT2D eigenvalue weighted by Crippen LogP contribution is -2.28. The normalized spacial score (nSPS) is 16.2. The maximum absolute atomic E-state index is 12.3. The minimum absolute atomic E-state index is 0.448. The number of rotatable bonds is 8. The monoisotopic (exact) mass is 320 g/mol. The lowest BCUT2D eigenvalue weighted by molar-refractivity contribution is 0.490. The zero-order valence-electron chi connectivity index (χ0n) is 11.3. The van der Waals surface area contributed by atoms with Crippen LogP contribution in [-0.2, 0) is 16.6 Å². The minimum Gasteiger partial charge on any atom is -0.309 e. The third kappa shape index (κ3) is 4.19. The Hall–Kier alpha value is -0.0800. The van der Waals surface area contributed by atoms with Gasteiger partial charge in [-0.15, -0.1) is 11.3 Å². The van der Waals surface area contributed by atoms with Crippen LogP contribution in [0.2, 0.25) is 0 Å². The number of thiophene rings is 1. The summed E-state index contributed by atoms with van der Waals surface area (Å²) in [6.45, 7) is 1.33. The predicted molar refractivity (Wildman–Crippen MR) is 82.4 cm³/mol. The van der Waals surface area contributed by atoms with E-state index in [2.05, 4.69) is 5.32 Å². The molecular formula is C12H20N2O2S3. The standard InChI is InChI=1S/C12H20N2O2S3/c1-14(7-8-17-2)19(15,16)12-6-5-11(18-12)9-13-10-3-4-10/h5-6,10,13H,3-4,7-9H2,1-2H3. The van der Waals surface area contributed by atoms with Crippen molar-refractivity contribution in [2.75, 3.05) is 25.6 Å². The van der Waals surface area contributed by atoms with Crippen molar-refractivity contribution >= 4 is 33.1 Å². The molecule has 1 aromatic heterocycles. The quantitative estimate of drug-likeness (QED) is 0.796. The molecule has 1 aliphatic rings. The van der Waals surface area contributed by atoms with Gasteiger partial charge in [-0.2, -0.15) is 16.1 Å². The van der Waals surface area contributed by atoms with Crippen molar-refractivity contribution in [3.8, 4) is 0 Å². The van der Waals surface area contributed by atoms with Crippen LogP contribution in [0.1, 0.15) is 17.7 Å². The second-order valence-electron chi connectivity index (χ2n) is 4.70. The molecule has 1 saturated carbocycles. The second-order valence-corrected chi connectivity index (χ2v) is 9.12. The van der Waals surface area contributed by atoms with E-state index < -0.39 is 10.0 Å². The van der Waals surface area contributed by atoms with E-state index in [4.69, 9.17) is 0 Å². The Morgan fingerprint density at radius 3 is 2.84 bits per heavy atom. The Morgan fingerprint density at radius 1 is 1.47 bits per heavy atom. The van der Waals surface area contributed by atoms with Crippen LogP contribution >= 0.6 is 23.1 Å². The molecule has 108 valence electrons. The molecule has 1 aliphatic carbocycles. The van der Waals surface area contributed by atoms with Gasteiger partial charge in [0.1, 0.15) is 4.21 Å². The van der Waals surface area contributed by atoms with Crippen molar-refractivity contribution in [3.63, 3.8) is 0 Å². The zero-order valence-corrected chi connectivity index (χ0v) is 13.7. The molecule has 4 nitrogen and oxygen atoms in total. The van der Waals surface area contributed by atoms with E-state index in [1.54, 1.807) is 24.9 Å². The van der Waals surface area contributed by atoms with E-state index in [9.17, 15) is 8.42 Å². The van der Waals surface area contributed by atoms with Gasteiger partial charge in [0, 0.05) is 36.8 Å². The minimum atomic E-state index is -3.30. The highest BCUT2D eigenvalue weighted by Crippen LogP contribution is 2.26. The van der Waals surface area contributed by atoms with Crippen LogP contribution in [-0.4, -0.2) is 44.4 Å². The van der Waals surface area contributed by atoms with E-state index in [0.29, 0.717) is 16.8 Å². The highest BCUT2D eigenvalue weighted by molar-refractivity contribution is 7.98. The fourth-order valence-corrected chi connectivity index (χ4v) is 4.88. The van der Waals surface area contributed by atoms with Gasteiger partial charge in [0.05, 0.1) is 0 Å². The highest BCUT2D eigenvalue weighted by Gasteiger charge is 2.23. The van der Waals surface area contributed by atoms with Crippen LogP contribution in [0.3, 0.4) is 0 Å². The van der Waals surface area contributed by atoms with Gasteiger partial charge in [0.15, 0.2) is 0 Å². The molecule has 0 atom stereocenters. The SMILES string of the molecule is CSCCN(C)S(=O)(=O)c1ccc(CNC2CC2)s1. The Kier molecular flexibility index (Phi) is 5.30. The fourth-order valence-electron chi connectivity index (χ4n) is 1.62. The topological polar surface area (TPSA) is 49.4 Å². The molecule has 0 saturated heterocycles. The first kappa shape index (κ1) is 15.3. The van der Waals surface area contributed by atoms with Gasteiger partial charge < -0.3 is 5.32 Å². The average molecular weight is 321 g/mol. The lowest BCUT2D eigenvalue weighted by atomic mass is 10.4. The summed E-state index contributed by atoms with van der Waals surface area (Å²) in [6.07, 6.45) is 4.47. The van der Waals surface area contributed by atoms with Crippen molar-refractivity contribution in [2.45, 2.75) is 29.6 Å². The molecule has 0 radical (unpaired) electrons. The molecule has 1 N–H and O–H groups in total. The molecule has 19 heavy (non-hydrogen) atoms. The van der Waals surface area contributed by atoms with Crippen LogP contribution in [0.5, 0.6) is 0 Å². The van der Waals surface area contributed by atoms with Gasteiger partial charge >= 0.3 is 0 Å². The van der Waals surface area contributed by atoms with Gasteiger partial charge in [-0.05, 0) is 31.2 Å². The molecule has 7 heteroatoms. The zero-order chi connectivity index (χ0) is 13.9. The smallest absolute Gasteiger partial charge is 0.252 e. The molecule has 0 amide bonds. The molecule has 0 aromatic carbocycles. The molecule has 2 rings (SSSR count).